The molecule has 1 aromatic carbocycles. The van der Waals surface area contributed by atoms with Gasteiger partial charge >= 0.3 is 0 Å². The van der Waals surface area contributed by atoms with Crippen LogP contribution in [0.15, 0.2) is 30.3 Å². The van der Waals surface area contributed by atoms with E-state index in [2.05, 4.69) is 18.7 Å². The molecular weight excluding hydrogens is 240 g/mol. The maximum absolute atomic E-state index is 12.0. The van der Waals surface area contributed by atoms with Crippen molar-refractivity contribution in [1.29, 1.82) is 0 Å². The fraction of sp³-hybridized carbons (Fsp3) is 0.467. The molecule has 104 valence electrons. The molecule has 0 spiro atoms. The van der Waals surface area contributed by atoms with E-state index in [1.165, 1.54) is 4.90 Å². The number of hydrogen-bond acceptors (Lipinski definition) is 3. The molecule has 1 aromatic rings. The maximum Gasteiger partial charge on any atom is 0.294 e. The first-order valence-electron chi connectivity index (χ1n) is 6.67. The van der Waals surface area contributed by atoms with Crippen LogP contribution in [-0.4, -0.2) is 54.7 Å². The van der Waals surface area contributed by atoms with Crippen LogP contribution in [0.25, 0.3) is 0 Å². The Kier molecular flexibility index (Phi) is 6.22. The van der Waals surface area contributed by atoms with Crippen molar-refractivity contribution in [1.82, 2.24) is 9.80 Å². The number of amides is 1. The first-order chi connectivity index (χ1) is 9.10. The van der Waals surface area contributed by atoms with E-state index in [0.717, 1.165) is 19.6 Å². The normalized spacial score (nSPS) is 10.5. The number of Topliss-reactive ketones (excluding diaryl/α,β-unsaturated/α-hetero) is 1. The van der Waals surface area contributed by atoms with Gasteiger partial charge < -0.3 is 9.80 Å². The molecule has 0 N–H and O–H groups in total. The Morgan fingerprint density at radius 3 is 2.11 bits per heavy atom. The standard InChI is InChI=1S/C15H22N2O2/c1-4-17(5-2)12-11-16(3)15(19)14(18)13-9-7-6-8-10-13/h6-10H,4-5,11-12H2,1-3H3. The summed E-state index contributed by atoms with van der Waals surface area (Å²) in [5.41, 5.74) is 0.446. The highest BCUT2D eigenvalue weighted by Crippen LogP contribution is 2.02. The molecule has 1 rings (SSSR count). The second-order valence-electron chi connectivity index (χ2n) is 4.45. The molecule has 0 aromatic heterocycles. The number of rotatable bonds is 7. The van der Waals surface area contributed by atoms with Crippen molar-refractivity contribution >= 4 is 11.7 Å². The first kappa shape index (κ1) is 15.4. The number of nitrogens with zero attached hydrogens (tertiary/aromatic N) is 2. The minimum atomic E-state index is -0.446. The number of ketones is 1. The van der Waals surface area contributed by atoms with Crippen LogP contribution < -0.4 is 0 Å². The van der Waals surface area contributed by atoms with Crippen LogP contribution >= 0.6 is 0 Å². The van der Waals surface area contributed by atoms with Crippen LogP contribution in [0.4, 0.5) is 0 Å². The average Bonchev–Trinajstić information content (AvgIpc) is 2.47. The van der Waals surface area contributed by atoms with E-state index >= 15 is 0 Å². The molecule has 19 heavy (non-hydrogen) atoms. The lowest BCUT2D eigenvalue weighted by atomic mass is 10.1. The van der Waals surface area contributed by atoms with Crippen molar-refractivity contribution in [3.63, 3.8) is 0 Å². The number of carbonyl (C=O) groups is 2. The van der Waals surface area contributed by atoms with Crippen LogP contribution in [0, 0.1) is 0 Å². The summed E-state index contributed by atoms with van der Waals surface area (Å²) in [4.78, 5) is 27.7. The molecule has 4 heteroatoms. The van der Waals surface area contributed by atoms with E-state index in [1.54, 1.807) is 31.3 Å². The van der Waals surface area contributed by atoms with Gasteiger partial charge in [-0.1, -0.05) is 44.2 Å². The molecule has 0 aliphatic heterocycles. The lowest BCUT2D eigenvalue weighted by Gasteiger charge is -2.22. The van der Waals surface area contributed by atoms with Crippen molar-refractivity contribution < 1.29 is 9.59 Å². The molecule has 1 amide bonds. The topological polar surface area (TPSA) is 40.6 Å². The van der Waals surface area contributed by atoms with Crippen molar-refractivity contribution in [2.75, 3.05) is 33.2 Å². The summed E-state index contributed by atoms with van der Waals surface area (Å²) in [6.45, 7) is 7.42. The summed E-state index contributed by atoms with van der Waals surface area (Å²) in [5, 5.41) is 0. The van der Waals surface area contributed by atoms with E-state index in [9.17, 15) is 9.59 Å². The van der Waals surface area contributed by atoms with Crippen molar-refractivity contribution in [2.45, 2.75) is 13.8 Å². The monoisotopic (exact) mass is 262 g/mol. The van der Waals surface area contributed by atoms with E-state index < -0.39 is 11.7 Å². The van der Waals surface area contributed by atoms with Gasteiger partial charge in [0, 0.05) is 25.7 Å². The Morgan fingerprint density at radius 2 is 1.58 bits per heavy atom. The number of hydrogen-bond donors (Lipinski definition) is 0. The third-order valence-corrected chi connectivity index (χ3v) is 3.22. The zero-order valence-corrected chi connectivity index (χ0v) is 11.9. The van der Waals surface area contributed by atoms with E-state index in [0.29, 0.717) is 12.1 Å². The van der Waals surface area contributed by atoms with Gasteiger partial charge in [0.1, 0.15) is 0 Å². The number of benzene rings is 1. The van der Waals surface area contributed by atoms with Gasteiger partial charge in [-0.2, -0.15) is 0 Å². The summed E-state index contributed by atoms with van der Waals surface area (Å²) in [7, 11) is 1.67. The quantitative estimate of drug-likeness (QED) is 0.554. The van der Waals surface area contributed by atoms with Gasteiger partial charge in [0.2, 0.25) is 5.78 Å². The summed E-state index contributed by atoms with van der Waals surface area (Å²) < 4.78 is 0. The molecule has 0 heterocycles. The molecular formula is C15H22N2O2. The number of carbonyl (C=O) groups excluding carboxylic acids is 2. The van der Waals surface area contributed by atoms with Crippen LogP contribution in [-0.2, 0) is 4.79 Å². The molecule has 0 aliphatic carbocycles. The third-order valence-electron chi connectivity index (χ3n) is 3.22. The van der Waals surface area contributed by atoms with Gasteiger partial charge in [0.25, 0.3) is 5.91 Å². The van der Waals surface area contributed by atoms with Crippen molar-refractivity contribution in [3.8, 4) is 0 Å². The highest BCUT2D eigenvalue weighted by molar-refractivity contribution is 6.42. The SMILES string of the molecule is CCN(CC)CCN(C)C(=O)C(=O)c1ccccc1. The minimum Gasteiger partial charge on any atom is -0.338 e. The van der Waals surface area contributed by atoms with Crippen LogP contribution in [0.1, 0.15) is 24.2 Å². The molecule has 0 saturated carbocycles. The zero-order valence-electron chi connectivity index (χ0n) is 11.9. The molecule has 0 saturated heterocycles. The highest BCUT2D eigenvalue weighted by Gasteiger charge is 2.20. The second kappa shape index (κ2) is 7.69. The summed E-state index contributed by atoms with van der Waals surface area (Å²) in [6.07, 6.45) is 0. The Morgan fingerprint density at radius 1 is 1.00 bits per heavy atom. The minimum absolute atomic E-state index is 0.442. The van der Waals surface area contributed by atoms with Gasteiger partial charge in [0.05, 0.1) is 0 Å². The maximum atomic E-state index is 12.0. The largest absolute Gasteiger partial charge is 0.338 e. The second-order valence-corrected chi connectivity index (χ2v) is 4.45. The van der Waals surface area contributed by atoms with Gasteiger partial charge in [-0.3, -0.25) is 9.59 Å². The third kappa shape index (κ3) is 4.48. The van der Waals surface area contributed by atoms with Gasteiger partial charge in [-0.05, 0) is 13.1 Å². The molecule has 0 unspecified atom stereocenters. The fourth-order valence-corrected chi connectivity index (χ4v) is 1.82. The van der Waals surface area contributed by atoms with Crippen molar-refractivity contribution in [2.24, 2.45) is 0 Å². The summed E-state index contributed by atoms with van der Waals surface area (Å²) in [5.74, 6) is -0.888. The molecule has 0 atom stereocenters. The highest BCUT2D eigenvalue weighted by atomic mass is 16.2. The van der Waals surface area contributed by atoms with Crippen LogP contribution in [0.2, 0.25) is 0 Å². The van der Waals surface area contributed by atoms with Crippen molar-refractivity contribution in [3.05, 3.63) is 35.9 Å². The van der Waals surface area contributed by atoms with Crippen LogP contribution in [0.3, 0.4) is 0 Å². The van der Waals surface area contributed by atoms with E-state index in [1.807, 2.05) is 6.07 Å². The Bertz CT molecular complexity index is 413. The van der Waals surface area contributed by atoms with Gasteiger partial charge in [-0.15, -0.1) is 0 Å². The summed E-state index contributed by atoms with van der Waals surface area (Å²) >= 11 is 0. The van der Waals surface area contributed by atoms with Gasteiger partial charge in [-0.25, -0.2) is 0 Å². The predicted octanol–water partition coefficient (Wildman–Crippen LogP) is 1.67. The molecule has 0 fully saturated rings. The lowest BCUT2D eigenvalue weighted by molar-refractivity contribution is -0.125. The Hall–Kier alpha value is -1.68. The van der Waals surface area contributed by atoms with Crippen LogP contribution in [0.5, 0.6) is 0 Å². The van der Waals surface area contributed by atoms with Gasteiger partial charge in [0.15, 0.2) is 0 Å². The molecule has 4 nitrogen and oxygen atoms in total. The number of likely N-dealkylation sites (N-methyl/N-ethyl adjacent to an activating group) is 2. The Balaban J connectivity index is 2.55. The molecule has 0 aliphatic rings. The lowest BCUT2D eigenvalue weighted by Crippen LogP contribution is -2.39. The summed E-state index contributed by atoms with van der Waals surface area (Å²) in [6, 6.07) is 8.68. The average molecular weight is 262 g/mol. The predicted molar refractivity (Wildman–Crippen MR) is 76.2 cm³/mol. The van der Waals surface area contributed by atoms with E-state index in [-0.39, 0.29) is 0 Å². The Labute approximate surface area is 115 Å². The fourth-order valence-electron chi connectivity index (χ4n) is 1.82. The zero-order chi connectivity index (χ0) is 14.3. The van der Waals surface area contributed by atoms with E-state index in [4.69, 9.17) is 0 Å². The smallest absolute Gasteiger partial charge is 0.294 e. The molecule has 0 bridgehead atoms. The molecule has 0 radical (unpaired) electrons. The first-order valence-corrected chi connectivity index (χ1v) is 6.67.